The summed E-state index contributed by atoms with van der Waals surface area (Å²) in [5.41, 5.74) is 22.1. The van der Waals surface area contributed by atoms with Gasteiger partial charge in [0.25, 0.3) is 0 Å². The zero-order valence-electron chi connectivity index (χ0n) is 34.7. The number of anilines is 3. The highest BCUT2D eigenvalue weighted by molar-refractivity contribution is 5.89. The Balaban J connectivity index is 0.955. The molecule has 1 nitrogen and oxygen atoms in total. The Bertz CT molecular complexity index is 2770. The molecule has 8 aromatic carbocycles. The molecule has 0 aromatic heterocycles. The van der Waals surface area contributed by atoms with Crippen LogP contribution < -0.4 is 4.90 Å². The fourth-order valence-electron chi connectivity index (χ4n) is 10.1. The highest BCUT2D eigenvalue weighted by Gasteiger charge is 2.41. The summed E-state index contributed by atoms with van der Waals surface area (Å²) >= 11 is 0. The molecule has 1 heteroatoms. The molecule has 0 bridgehead atoms. The highest BCUT2D eigenvalue weighted by Crippen LogP contribution is 2.54. The molecule has 0 saturated heterocycles. The van der Waals surface area contributed by atoms with Crippen molar-refractivity contribution in [3.63, 3.8) is 0 Å². The summed E-state index contributed by atoms with van der Waals surface area (Å²) < 4.78 is 0. The van der Waals surface area contributed by atoms with Gasteiger partial charge in [-0.1, -0.05) is 172 Å². The predicted octanol–water partition coefficient (Wildman–Crippen LogP) is 16.3. The molecule has 0 spiro atoms. The van der Waals surface area contributed by atoms with Crippen LogP contribution in [0.3, 0.4) is 0 Å². The Labute approximate surface area is 356 Å². The quantitative estimate of drug-likeness (QED) is 0.125. The monoisotopic (exact) mass is 773 g/mol. The Morgan fingerprint density at radius 2 is 0.950 bits per heavy atom. The first-order valence-electron chi connectivity index (χ1n) is 21.9. The molecular weight excluding hydrogens is 723 g/mol. The van der Waals surface area contributed by atoms with Gasteiger partial charge in [-0.3, -0.25) is 0 Å². The van der Waals surface area contributed by atoms with Gasteiger partial charge in [0.2, 0.25) is 0 Å². The first-order valence-corrected chi connectivity index (χ1v) is 21.9. The van der Waals surface area contributed by atoms with Crippen LogP contribution >= 0.6 is 0 Å². The van der Waals surface area contributed by atoms with Crippen LogP contribution in [-0.2, 0) is 18.3 Å². The number of aryl methyl sites for hydroxylation is 2. The molecule has 60 heavy (non-hydrogen) atoms. The summed E-state index contributed by atoms with van der Waals surface area (Å²) in [4.78, 5) is 2.38. The summed E-state index contributed by atoms with van der Waals surface area (Å²) in [6, 6.07) is 69.8. The fourth-order valence-corrected chi connectivity index (χ4v) is 10.1. The maximum Gasteiger partial charge on any atom is 0.0465 e. The SMILES string of the molecule is CCC1(CC)c2cc(/C=C/c3ccc(-c4ccc(-c5ccccc5)cc4-c4ccc5c(c4)CCCC5)cc3)ccc2-c2ccc(N(c3ccccc3)c3ccccc3)cc21. The molecule has 0 heterocycles. The van der Waals surface area contributed by atoms with Crippen LogP contribution in [0, 0.1) is 0 Å². The first kappa shape index (κ1) is 37.6. The number of nitrogens with zero attached hydrogens (tertiary/aromatic N) is 1. The molecule has 0 saturated carbocycles. The van der Waals surface area contributed by atoms with Crippen LogP contribution in [-0.4, -0.2) is 0 Å². The van der Waals surface area contributed by atoms with Gasteiger partial charge in [0.05, 0.1) is 0 Å². The fraction of sp³-hybridized carbons (Fsp3) is 0.153. The zero-order valence-corrected chi connectivity index (χ0v) is 34.7. The van der Waals surface area contributed by atoms with Gasteiger partial charge in [0, 0.05) is 22.5 Å². The third kappa shape index (κ3) is 6.89. The standard InChI is InChI=1S/C59H51N/c1-3-59(4-2)57-38-43(28-35-54(57)55-37-34-52(41-58(55)59)60(50-20-10-6-11-21-50)51-22-12-7-13-23-51)25-24-42-26-29-46(30-27-42)53-36-33-48(44-16-8-5-9-17-44)40-56(53)49-32-31-45-18-14-15-19-47(45)39-49/h5-13,16-17,20-41H,3-4,14-15,18-19H2,1-2H3/b25-24+. The van der Waals surface area contributed by atoms with Crippen molar-refractivity contribution in [1.82, 2.24) is 0 Å². The van der Waals surface area contributed by atoms with E-state index in [2.05, 4.69) is 219 Å². The van der Waals surface area contributed by atoms with Crippen LogP contribution in [0.2, 0.25) is 0 Å². The van der Waals surface area contributed by atoms with Crippen molar-refractivity contribution in [3.8, 4) is 44.5 Å². The lowest BCUT2D eigenvalue weighted by Gasteiger charge is -2.32. The van der Waals surface area contributed by atoms with Crippen molar-refractivity contribution >= 4 is 29.2 Å². The third-order valence-electron chi connectivity index (χ3n) is 13.3. The van der Waals surface area contributed by atoms with Gasteiger partial charge < -0.3 is 4.90 Å². The Morgan fingerprint density at radius 3 is 1.63 bits per heavy atom. The summed E-state index contributed by atoms with van der Waals surface area (Å²) in [6.07, 6.45) is 11.6. The van der Waals surface area contributed by atoms with E-state index in [0.29, 0.717) is 0 Å². The van der Waals surface area contributed by atoms with Crippen LogP contribution in [0.25, 0.3) is 56.7 Å². The maximum atomic E-state index is 2.46. The zero-order chi connectivity index (χ0) is 40.5. The Kier molecular flexibility index (Phi) is 10.1. The van der Waals surface area contributed by atoms with E-state index in [4.69, 9.17) is 0 Å². The number of rotatable bonds is 10. The first-order chi connectivity index (χ1) is 29.6. The maximum absolute atomic E-state index is 2.46. The minimum Gasteiger partial charge on any atom is -0.310 e. The van der Waals surface area contributed by atoms with Crippen LogP contribution in [0.1, 0.15) is 72.9 Å². The van der Waals surface area contributed by atoms with Crippen LogP contribution in [0.5, 0.6) is 0 Å². The van der Waals surface area contributed by atoms with Crippen molar-refractivity contribution < 1.29 is 0 Å². The predicted molar refractivity (Wildman–Crippen MR) is 256 cm³/mol. The summed E-state index contributed by atoms with van der Waals surface area (Å²) in [6.45, 7) is 4.72. The van der Waals surface area contributed by atoms with E-state index in [1.165, 1.54) is 109 Å². The van der Waals surface area contributed by atoms with Gasteiger partial charge in [-0.2, -0.15) is 0 Å². The number of benzene rings is 8. The summed E-state index contributed by atoms with van der Waals surface area (Å²) in [7, 11) is 0. The average Bonchev–Trinajstić information content (AvgIpc) is 3.60. The lowest BCUT2D eigenvalue weighted by atomic mass is 9.73. The van der Waals surface area contributed by atoms with Gasteiger partial charge in [0.1, 0.15) is 0 Å². The lowest BCUT2D eigenvalue weighted by Crippen LogP contribution is -2.23. The molecule has 0 atom stereocenters. The topological polar surface area (TPSA) is 3.24 Å². The normalized spacial score (nSPS) is 13.8. The van der Waals surface area contributed by atoms with Gasteiger partial charge in [0.15, 0.2) is 0 Å². The number of fused-ring (bicyclic) bond motifs is 4. The Hall–Kier alpha value is -6.70. The van der Waals surface area contributed by atoms with E-state index in [1.807, 2.05) is 0 Å². The molecule has 8 aromatic rings. The summed E-state index contributed by atoms with van der Waals surface area (Å²) in [5.74, 6) is 0. The van der Waals surface area contributed by atoms with Crippen molar-refractivity contribution in [2.75, 3.05) is 4.90 Å². The molecular formula is C59H51N. The van der Waals surface area contributed by atoms with Crippen molar-refractivity contribution in [1.29, 1.82) is 0 Å². The average molecular weight is 774 g/mol. The van der Waals surface area contributed by atoms with Gasteiger partial charge >= 0.3 is 0 Å². The Morgan fingerprint density at radius 1 is 0.400 bits per heavy atom. The van der Waals surface area contributed by atoms with E-state index in [1.54, 1.807) is 0 Å². The molecule has 2 aliphatic carbocycles. The van der Waals surface area contributed by atoms with Gasteiger partial charge in [-0.25, -0.2) is 0 Å². The van der Waals surface area contributed by atoms with Gasteiger partial charge in [-0.15, -0.1) is 0 Å². The smallest absolute Gasteiger partial charge is 0.0465 e. The largest absolute Gasteiger partial charge is 0.310 e. The second-order valence-electron chi connectivity index (χ2n) is 16.6. The molecule has 0 radical (unpaired) electrons. The van der Waals surface area contributed by atoms with E-state index in [9.17, 15) is 0 Å². The molecule has 0 fully saturated rings. The molecule has 0 aliphatic heterocycles. The van der Waals surface area contributed by atoms with Crippen molar-refractivity contribution in [3.05, 3.63) is 221 Å². The van der Waals surface area contributed by atoms with E-state index in [-0.39, 0.29) is 5.41 Å². The number of hydrogen-bond donors (Lipinski definition) is 0. The highest BCUT2D eigenvalue weighted by atomic mass is 15.1. The van der Waals surface area contributed by atoms with E-state index >= 15 is 0 Å². The number of hydrogen-bond acceptors (Lipinski definition) is 1. The minimum absolute atomic E-state index is 0.0585. The molecule has 0 N–H and O–H groups in total. The van der Waals surface area contributed by atoms with E-state index < -0.39 is 0 Å². The molecule has 0 amide bonds. The van der Waals surface area contributed by atoms with Gasteiger partial charge in [-0.05, 0) is 159 Å². The minimum atomic E-state index is -0.0585. The van der Waals surface area contributed by atoms with Crippen LogP contribution in [0.15, 0.2) is 188 Å². The second-order valence-corrected chi connectivity index (χ2v) is 16.6. The molecule has 0 unspecified atom stereocenters. The lowest BCUT2D eigenvalue weighted by molar-refractivity contribution is 0.490. The molecule has 292 valence electrons. The van der Waals surface area contributed by atoms with Crippen molar-refractivity contribution in [2.24, 2.45) is 0 Å². The second kappa shape index (κ2) is 16.2. The summed E-state index contributed by atoms with van der Waals surface area (Å²) in [5, 5.41) is 0. The third-order valence-corrected chi connectivity index (χ3v) is 13.3. The van der Waals surface area contributed by atoms with Crippen molar-refractivity contribution in [2.45, 2.75) is 57.8 Å². The van der Waals surface area contributed by atoms with Crippen LogP contribution in [0.4, 0.5) is 17.1 Å². The molecule has 2 aliphatic rings. The number of para-hydroxylation sites is 2. The van der Waals surface area contributed by atoms with E-state index in [0.717, 1.165) is 24.2 Å². The molecule has 10 rings (SSSR count).